The van der Waals surface area contributed by atoms with Gasteiger partial charge in [-0.2, -0.15) is 0 Å². The van der Waals surface area contributed by atoms with E-state index in [4.69, 9.17) is 0 Å². The summed E-state index contributed by atoms with van der Waals surface area (Å²) in [5.74, 6) is -0.891. The maximum atomic E-state index is 11.7. The summed E-state index contributed by atoms with van der Waals surface area (Å²) in [7, 11) is 1.80. The molecule has 1 aromatic heterocycles. The Balaban J connectivity index is 1.81. The second kappa shape index (κ2) is 6.89. The lowest BCUT2D eigenvalue weighted by molar-refractivity contribution is 0.0685. The summed E-state index contributed by atoms with van der Waals surface area (Å²) < 4.78 is 1.75. The van der Waals surface area contributed by atoms with Gasteiger partial charge >= 0.3 is 5.97 Å². The van der Waals surface area contributed by atoms with Crippen LogP contribution in [-0.4, -0.2) is 15.6 Å². The highest BCUT2D eigenvalue weighted by molar-refractivity contribution is 5.98. The first kappa shape index (κ1) is 16.3. The standard InChI is InChI=1S/C20H22N2O2/c1-3-14-8-10-15(11-9-14)12-21-13-17-16-6-4-5-7-18(16)22(2)19(17)20(23)24/h4-11,21H,3,12-13H2,1-2H3,(H,23,24). The van der Waals surface area contributed by atoms with E-state index < -0.39 is 5.97 Å². The lowest BCUT2D eigenvalue weighted by Gasteiger charge is -2.07. The molecule has 0 aliphatic heterocycles. The topological polar surface area (TPSA) is 54.3 Å². The molecule has 1 heterocycles. The summed E-state index contributed by atoms with van der Waals surface area (Å²) in [6, 6.07) is 16.3. The zero-order valence-electron chi connectivity index (χ0n) is 14.0. The molecule has 4 nitrogen and oxygen atoms in total. The fraction of sp³-hybridized carbons (Fsp3) is 0.250. The first-order valence-electron chi connectivity index (χ1n) is 8.20. The minimum Gasteiger partial charge on any atom is -0.477 e. The van der Waals surface area contributed by atoms with Crippen LogP contribution in [-0.2, 0) is 26.6 Å². The molecule has 4 heteroatoms. The molecule has 0 bridgehead atoms. The molecule has 24 heavy (non-hydrogen) atoms. The van der Waals surface area contributed by atoms with E-state index >= 15 is 0 Å². The number of para-hydroxylation sites is 1. The monoisotopic (exact) mass is 322 g/mol. The van der Waals surface area contributed by atoms with E-state index in [9.17, 15) is 9.90 Å². The second-order valence-corrected chi connectivity index (χ2v) is 5.98. The van der Waals surface area contributed by atoms with Crippen LogP contribution < -0.4 is 5.32 Å². The number of carboxylic acid groups (broad SMARTS) is 1. The highest BCUT2D eigenvalue weighted by atomic mass is 16.4. The molecule has 3 rings (SSSR count). The number of carboxylic acids is 1. The Morgan fingerprint density at radius 3 is 2.38 bits per heavy atom. The van der Waals surface area contributed by atoms with Crippen molar-refractivity contribution in [3.8, 4) is 0 Å². The normalized spacial score (nSPS) is 11.1. The number of aryl methyl sites for hydroxylation is 2. The van der Waals surface area contributed by atoms with Gasteiger partial charge in [0, 0.05) is 36.6 Å². The molecule has 2 N–H and O–H groups in total. The van der Waals surface area contributed by atoms with Gasteiger partial charge in [-0.25, -0.2) is 4.79 Å². The summed E-state index contributed by atoms with van der Waals surface area (Å²) in [4.78, 5) is 11.7. The lowest BCUT2D eigenvalue weighted by atomic mass is 10.1. The van der Waals surface area contributed by atoms with Crippen LogP contribution in [0.25, 0.3) is 10.9 Å². The van der Waals surface area contributed by atoms with Crippen molar-refractivity contribution in [1.82, 2.24) is 9.88 Å². The van der Waals surface area contributed by atoms with Crippen molar-refractivity contribution in [2.75, 3.05) is 0 Å². The van der Waals surface area contributed by atoms with Crippen LogP contribution in [0, 0.1) is 0 Å². The number of benzene rings is 2. The van der Waals surface area contributed by atoms with Crippen LogP contribution in [0.3, 0.4) is 0 Å². The van der Waals surface area contributed by atoms with Gasteiger partial charge < -0.3 is 15.0 Å². The average molecular weight is 322 g/mol. The number of fused-ring (bicyclic) bond motifs is 1. The number of nitrogens with one attached hydrogen (secondary N) is 1. The van der Waals surface area contributed by atoms with Gasteiger partial charge in [0.1, 0.15) is 5.69 Å². The average Bonchev–Trinajstić information content (AvgIpc) is 2.88. The Morgan fingerprint density at radius 1 is 1.04 bits per heavy atom. The second-order valence-electron chi connectivity index (χ2n) is 5.98. The zero-order valence-corrected chi connectivity index (χ0v) is 14.0. The number of hydrogen-bond donors (Lipinski definition) is 2. The lowest BCUT2D eigenvalue weighted by Crippen LogP contribution is -2.16. The molecule has 0 atom stereocenters. The molecule has 0 radical (unpaired) electrons. The quantitative estimate of drug-likeness (QED) is 0.727. The van der Waals surface area contributed by atoms with Gasteiger partial charge in [0.05, 0.1) is 0 Å². The maximum absolute atomic E-state index is 11.7. The van der Waals surface area contributed by atoms with Gasteiger partial charge in [-0.1, -0.05) is 49.4 Å². The van der Waals surface area contributed by atoms with Crippen LogP contribution in [0.4, 0.5) is 0 Å². The van der Waals surface area contributed by atoms with Gasteiger partial charge in [0.15, 0.2) is 0 Å². The van der Waals surface area contributed by atoms with Crippen LogP contribution in [0.5, 0.6) is 0 Å². The molecule has 0 amide bonds. The predicted molar refractivity (Wildman–Crippen MR) is 96.2 cm³/mol. The highest BCUT2D eigenvalue weighted by Gasteiger charge is 2.19. The molecule has 124 valence electrons. The fourth-order valence-electron chi connectivity index (χ4n) is 3.15. The molecule has 0 aliphatic carbocycles. The summed E-state index contributed by atoms with van der Waals surface area (Å²) in [6.45, 7) is 3.38. The minimum atomic E-state index is -0.891. The molecule has 0 saturated heterocycles. The Bertz CT molecular complexity index is 863. The summed E-state index contributed by atoms with van der Waals surface area (Å²) in [5.41, 5.74) is 4.65. The maximum Gasteiger partial charge on any atom is 0.352 e. The summed E-state index contributed by atoms with van der Waals surface area (Å²) in [5, 5.41) is 13.9. The third-order valence-corrected chi connectivity index (χ3v) is 4.48. The Labute approximate surface area is 141 Å². The van der Waals surface area contributed by atoms with Gasteiger partial charge in [0.2, 0.25) is 0 Å². The van der Waals surface area contributed by atoms with E-state index in [0.717, 1.165) is 22.9 Å². The van der Waals surface area contributed by atoms with Gasteiger partial charge in [0.25, 0.3) is 0 Å². The Kier molecular flexibility index (Phi) is 4.67. The minimum absolute atomic E-state index is 0.352. The molecule has 0 fully saturated rings. The number of aromatic carboxylic acids is 1. The van der Waals surface area contributed by atoms with Crippen LogP contribution in [0.1, 0.15) is 34.1 Å². The molecule has 2 aromatic carbocycles. The van der Waals surface area contributed by atoms with Crippen LogP contribution in [0.15, 0.2) is 48.5 Å². The molecule has 0 unspecified atom stereocenters. The molecule has 0 aliphatic rings. The number of carbonyl (C=O) groups is 1. The van der Waals surface area contributed by atoms with E-state index in [1.807, 2.05) is 24.3 Å². The number of nitrogens with zero attached hydrogens (tertiary/aromatic N) is 1. The number of hydrogen-bond acceptors (Lipinski definition) is 2. The predicted octanol–water partition coefficient (Wildman–Crippen LogP) is 3.73. The smallest absolute Gasteiger partial charge is 0.352 e. The van der Waals surface area contributed by atoms with Gasteiger partial charge in [-0.3, -0.25) is 0 Å². The largest absolute Gasteiger partial charge is 0.477 e. The van der Waals surface area contributed by atoms with E-state index in [1.54, 1.807) is 11.6 Å². The van der Waals surface area contributed by atoms with Crippen molar-refractivity contribution >= 4 is 16.9 Å². The van der Waals surface area contributed by atoms with Crippen molar-refractivity contribution in [3.05, 3.63) is 70.9 Å². The van der Waals surface area contributed by atoms with Crippen molar-refractivity contribution in [1.29, 1.82) is 0 Å². The van der Waals surface area contributed by atoms with Crippen LogP contribution >= 0.6 is 0 Å². The fourth-order valence-corrected chi connectivity index (χ4v) is 3.15. The van der Waals surface area contributed by atoms with E-state index in [-0.39, 0.29) is 0 Å². The van der Waals surface area contributed by atoms with Crippen molar-refractivity contribution in [3.63, 3.8) is 0 Å². The van der Waals surface area contributed by atoms with E-state index in [1.165, 1.54) is 11.1 Å². The molecular weight excluding hydrogens is 300 g/mol. The molecule has 0 spiro atoms. The van der Waals surface area contributed by atoms with E-state index in [0.29, 0.717) is 18.8 Å². The first-order chi connectivity index (χ1) is 11.6. The Morgan fingerprint density at radius 2 is 1.71 bits per heavy atom. The number of aromatic nitrogens is 1. The van der Waals surface area contributed by atoms with Crippen molar-refractivity contribution in [2.24, 2.45) is 7.05 Å². The molecule has 3 aromatic rings. The Hall–Kier alpha value is -2.59. The first-order valence-corrected chi connectivity index (χ1v) is 8.20. The van der Waals surface area contributed by atoms with Crippen molar-refractivity contribution < 1.29 is 9.90 Å². The van der Waals surface area contributed by atoms with Gasteiger partial charge in [-0.05, 0) is 23.6 Å². The third-order valence-electron chi connectivity index (χ3n) is 4.48. The molecular formula is C20H22N2O2. The SMILES string of the molecule is CCc1ccc(CNCc2c(C(=O)O)n(C)c3ccccc23)cc1. The third kappa shape index (κ3) is 3.05. The zero-order chi connectivity index (χ0) is 17.1. The van der Waals surface area contributed by atoms with Gasteiger partial charge in [-0.15, -0.1) is 0 Å². The highest BCUT2D eigenvalue weighted by Crippen LogP contribution is 2.25. The van der Waals surface area contributed by atoms with E-state index in [2.05, 4.69) is 36.5 Å². The molecule has 0 saturated carbocycles. The summed E-state index contributed by atoms with van der Waals surface area (Å²) in [6.07, 6.45) is 1.03. The van der Waals surface area contributed by atoms with Crippen LogP contribution in [0.2, 0.25) is 0 Å². The van der Waals surface area contributed by atoms with Crippen molar-refractivity contribution in [2.45, 2.75) is 26.4 Å². The number of rotatable bonds is 6. The summed E-state index contributed by atoms with van der Waals surface area (Å²) >= 11 is 0.